The SMILES string of the molecule is CCOc1ncccc1C(=O)OCC(=O)Nc1ccc(N2CCCCC2)cc1. The third-order valence-electron chi connectivity index (χ3n) is 4.48. The summed E-state index contributed by atoms with van der Waals surface area (Å²) in [5, 5.41) is 2.74. The molecule has 0 atom stereocenters. The van der Waals surface area contributed by atoms with Gasteiger partial charge in [-0.05, 0) is 62.6 Å². The first-order chi connectivity index (χ1) is 13.7. The summed E-state index contributed by atoms with van der Waals surface area (Å²) >= 11 is 0. The van der Waals surface area contributed by atoms with E-state index in [1.807, 2.05) is 24.3 Å². The Labute approximate surface area is 164 Å². The first-order valence-electron chi connectivity index (χ1n) is 9.57. The van der Waals surface area contributed by atoms with Crippen molar-refractivity contribution in [3.63, 3.8) is 0 Å². The van der Waals surface area contributed by atoms with Gasteiger partial charge in [0.15, 0.2) is 6.61 Å². The predicted molar refractivity (Wildman–Crippen MR) is 107 cm³/mol. The summed E-state index contributed by atoms with van der Waals surface area (Å²) in [7, 11) is 0. The first kappa shape index (κ1) is 19.7. The van der Waals surface area contributed by atoms with E-state index in [1.165, 1.54) is 25.5 Å². The minimum Gasteiger partial charge on any atom is -0.477 e. The Kier molecular flexibility index (Phi) is 6.84. The van der Waals surface area contributed by atoms with Crippen LogP contribution in [0.4, 0.5) is 11.4 Å². The number of aromatic nitrogens is 1. The van der Waals surface area contributed by atoms with Crippen LogP contribution in [0.25, 0.3) is 0 Å². The van der Waals surface area contributed by atoms with Crippen LogP contribution in [0.15, 0.2) is 42.6 Å². The molecule has 0 bridgehead atoms. The molecule has 1 aliphatic heterocycles. The molecule has 148 valence electrons. The Bertz CT molecular complexity index is 802. The number of esters is 1. The van der Waals surface area contributed by atoms with E-state index in [4.69, 9.17) is 9.47 Å². The van der Waals surface area contributed by atoms with Crippen molar-refractivity contribution in [2.45, 2.75) is 26.2 Å². The summed E-state index contributed by atoms with van der Waals surface area (Å²) in [5.74, 6) is -0.850. The summed E-state index contributed by atoms with van der Waals surface area (Å²) in [6.07, 6.45) is 5.24. The Morgan fingerprint density at radius 3 is 2.57 bits per heavy atom. The first-order valence-corrected chi connectivity index (χ1v) is 9.57. The van der Waals surface area contributed by atoms with Gasteiger partial charge in [-0.25, -0.2) is 9.78 Å². The second kappa shape index (κ2) is 9.73. The molecular formula is C21H25N3O4. The molecule has 1 amide bonds. The van der Waals surface area contributed by atoms with Gasteiger partial charge in [-0.1, -0.05) is 0 Å². The molecule has 7 heteroatoms. The van der Waals surface area contributed by atoms with Crippen LogP contribution in [0.2, 0.25) is 0 Å². The minimum atomic E-state index is -0.646. The molecule has 1 aliphatic rings. The number of hydrogen-bond acceptors (Lipinski definition) is 6. The van der Waals surface area contributed by atoms with Gasteiger partial charge in [0.05, 0.1) is 6.61 Å². The number of nitrogens with zero attached hydrogens (tertiary/aromatic N) is 2. The molecule has 2 heterocycles. The fraction of sp³-hybridized carbons (Fsp3) is 0.381. The number of piperidine rings is 1. The van der Waals surface area contributed by atoms with Crippen LogP contribution in [0.1, 0.15) is 36.5 Å². The number of benzene rings is 1. The van der Waals surface area contributed by atoms with Crippen molar-refractivity contribution < 1.29 is 19.1 Å². The van der Waals surface area contributed by atoms with Gasteiger partial charge in [0.2, 0.25) is 5.88 Å². The maximum absolute atomic E-state index is 12.2. The number of rotatable bonds is 7. The average molecular weight is 383 g/mol. The second-order valence-electron chi connectivity index (χ2n) is 6.51. The molecular weight excluding hydrogens is 358 g/mol. The number of ether oxygens (including phenoxy) is 2. The average Bonchev–Trinajstić information content (AvgIpc) is 2.74. The van der Waals surface area contributed by atoms with Crippen LogP contribution in [-0.4, -0.2) is 43.2 Å². The van der Waals surface area contributed by atoms with Crippen LogP contribution in [0, 0.1) is 0 Å². The van der Waals surface area contributed by atoms with E-state index < -0.39 is 11.9 Å². The van der Waals surface area contributed by atoms with Gasteiger partial charge in [0, 0.05) is 30.7 Å². The van der Waals surface area contributed by atoms with Crippen molar-refractivity contribution in [2.24, 2.45) is 0 Å². The molecule has 1 aromatic heterocycles. The highest BCUT2D eigenvalue weighted by Gasteiger charge is 2.16. The molecule has 0 spiro atoms. The fourth-order valence-corrected chi connectivity index (χ4v) is 3.11. The van der Waals surface area contributed by atoms with E-state index in [0.717, 1.165) is 18.8 Å². The number of pyridine rings is 1. The van der Waals surface area contributed by atoms with Crippen LogP contribution in [0.5, 0.6) is 5.88 Å². The van der Waals surface area contributed by atoms with E-state index in [2.05, 4.69) is 15.2 Å². The van der Waals surface area contributed by atoms with Crippen LogP contribution < -0.4 is 15.0 Å². The summed E-state index contributed by atoms with van der Waals surface area (Å²) in [6.45, 7) is 3.94. The lowest BCUT2D eigenvalue weighted by molar-refractivity contribution is -0.119. The van der Waals surface area contributed by atoms with Crippen LogP contribution in [0.3, 0.4) is 0 Å². The normalized spacial score (nSPS) is 13.7. The molecule has 1 aromatic carbocycles. The van der Waals surface area contributed by atoms with Crippen molar-refractivity contribution in [1.29, 1.82) is 0 Å². The summed E-state index contributed by atoms with van der Waals surface area (Å²) in [4.78, 5) is 30.6. The molecule has 2 aromatic rings. The lowest BCUT2D eigenvalue weighted by Gasteiger charge is -2.28. The van der Waals surface area contributed by atoms with E-state index in [1.54, 1.807) is 19.1 Å². The highest BCUT2D eigenvalue weighted by atomic mass is 16.5. The smallest absolute Gasteiger partial charge is 0.344 e. The fourth-order valence-electron chi connectivity index (χ4n) is 3.11. The molecule has 1 N–H and O–H groups in total. The van der Waals surface area contributed by atoms with Gasteiger partial charge in [0.25, 0.3) is 5.91 Å². The van der Waals surface area contributed by atoms with Gasteiger partial charge in [0.1, 0.15) is 5.56 Å². The number of hydrogen-bond donors (Lipinski definition) is 1. The lowest BCUT2D eigenvalue weighted by atomic mass is 10.1. The summed E-state index contributed by atoms with van der Waals surface area (Å²) in [6, 6.07) is 10.9. The molecule has 0 radical (unpaired) electrons. The molecule has 1 saturated heterocycles. The lowest BCUT2D eigenvalue weighted by Crippen LogP contribution is -2.29. The third kappa shape index (κ3) is 5.22. The zero-order chi connectivity index (χ0) is 19.8. The Morgan fingerprint density at radius 2 is 1.86 bits per heavy atom. The van der Waals surface area contributed by atoms with E-state index >= 15 is 0 Å². The number of carbonyl (C=O) groups excluding carboxylic acids is 2. The number of amides is 1. The standard InChI is InChI=1S/C21H25N3O4/c1-2-27-20-18(7-6-12-22-20)21(26)28-15-19(25)23-16-8-10-17(11-9-16)24-13-4-3-5-14-24/h6-12H,2-5,13-15H2,1H3,(H,23,25). The maximum atomic E-state index is 12.2. The maximum Gasteiger partial charge on any atom is 0.344 e. The number of nitrogens with one attached hydrogen (secondary N) is 1. The van der Waals surface area contributed by atoms with Gasteiger partial charge in [-0.2, -0.15) is 0 Å². The molecule has 28 heavy (non-hydrogen) atoms. The molecule has 0 saturated carbocycles. The van der Waals surface area contributed by atoms with Crippen molar-refractivity contribution in [2.75, 3.05) is 36.5 Å². The van der Waals surface area contributed by atoms with E-state index in [-0.39, 0.29) is 18.1 Å². The van der Waals surface area contributed by atoms with Crippen molar-refractivity contribution in [1.82, 2.24) is 4.98 Å². The summed E-state index contributed by atoms with van der Waals surface area (Å²) in [5.41, 5.74) is 2.02. The monoisotopic (exact) mass is 383 g/mol. The zero-order valence-electron chi connectivity index (χ0n) is 16.0. The zero-order valence-corrected chi connectivity index (χ0v) is 16.0. The Hall–Kier alpha value is -3.09. The van der Waals surface area contributed by atoms with Crippen LogP contribution in [-0.2, 0) is 9.53 Å². The number of carbonyl (C=O) groups is 2. The second-order valence-corrected chi connectivity index (χ2v) is 6.51. The number of anilines is 2. The van der Waals surface area contributed by atoms with E-state index in [0.29, 0.717) is 12.3 Å². The molecule has 3 rings (SSSR count). The van der Waals surface area contributed by atoms with Crippen molar-refractivity contribution in [3.05, 3.63) is 48.2 Å². The van der Waals surface area contributed by atoms with Gasteiger partial charge < -0.3 is 19.7 Å². The summed E-state index contributed by atoms with van der Waals surface area (Å²) < 4.78 is 10.4. The van der Waals surface area contributed by atoms with Gasteiger partial charge in [-0.3, -0.25) is 4.79 Å². The predicted octanol–water partition coefficient (Wildman–Crippen LogP) is 3.27. The van der Waals surface area contributed by atoms with Gasteiger partial charge >= 0.3 is 5.97 Å². The highest BCUT2D eigenvalue weighted by Crippen LogP contribution is 2.22. The van der Waals surface area contributed by atoms with Crippen molar-refractivity contribution in [3.8, 4) is 5.88 Å². The molecule has 1 fully saturated rings. The van der Waals surface area contributed by atoms with Crippen molar-refractivity contribution >= 4 is 23.3 Å². The molecule has 0 unspecified atom stereocenters. The van der Waals surface area contributed by atoms with Gasteiger partial charge in [-0.15, -0.1) is 0 Å². The largest absolute Gasteiger partial charge is 0.477 e. The van der Waals surface area contributed by atoms with E-state index in [9.17, 15) is 9.59 Å². The topological polar surface area (TPSA) is 80.8 Å². The highest BCUT2D eigenvalue weighted by molar-refractivity contribution is 5.96. The minimum absolute atomic E-state index is 0.197. The molecule has 0 aliphatic carbocycles. The Morgan fingerprint density at radius 1 is 1.11 bits per heavy atom. The Balaban J connectivity index is 1.51. The van der Waals surface area contributed by atoms with Crippen LogP contribution >= 0.6 is 0 Å². The quantitative estimate of drug-likeness (QED) is 0.739. The molecule has 7 nitrogen and oxygen atoms in total. The third-order valence-corrected chi connectivity index (χ3v) is 4.48.